The molecule has 36 heavy (non-hydrogen) atoms. The zero-order valence-electron chi connectivity index (χ0n) is 20.5. The second-order valence-electron chi connectivity index (χ2n) is 10.8. The molecule has 1 saturated heterocycles. The highest BCUT2D eigenvalue weighted by Crippen LogP contribution is 2.56. The number of nitrogens with one attached hydrogen (secondary N) is 1. The van der Waals surface area contributed by atoms with Gasteiger partial charge in [0.05, 0.1) is 11.2 Å². The van der Waals surface area contributed by atoms with E-state index in [-0.39, 0.29) is 23.6 Å². The third-order valence-corrected chi connectivity index (χ3v) is 9.16. The standard InChI is InChI=1S/C28H28F2N4OS/c1-15-9-19(29)24-21(10-15)36-27(32-24)34-7-5-28(6-8-34)11-18(12-28)23-25(33-35-26(23)17-3-4-17)22-16(2)13-31-14-20(22)30/h9-11,13,17,31H,3-8,12,14H2,1-2H3. The Balaban J connectivity index is 1.15. The highest BCUT2D eigenvalue weighted by Gasteiger charge is 2.44. The van der Waals surface area contributed by atoms with Gasteiger partial charge in [-0.15, -0.1) is 0 Å². The lowest BCUT2D eigenvalue weighted by Gasteiger charge is -2.46. The van der Waals surface area contributed by atoms with E-state index in [4.69, 9.17) is 4.52 Å². The van der Waals surface area contributed by atoms with E-state index in [9.17, 15) is 8.78 Å². The maximum absolute atomic E-state index is 14.9. The van der Waals surface area contributed by atoms with Crippen LogP contribution in [0.5, 0.6) is 0 Å². The van der Waals surface area contributed by atoms with Gasteiger partial charge < -0.3 is 14.7 Å². The molecule has 1 N–H and O–H groups in total. The van der Waals surface area contributed by atoms with Crippen molar-refractivity contribution in [2.45, 2.75) is 51.9 Å². The van der Waals surface area contributed by atoms with Crippen molar-refractivity contribution >= 4 is 37.8 Å². The summed E-state index contributed by atoms with van der Waals surface area (Å²) in [6.45, 7) is 5.80. The summed E-state index contributed by atoms with van der Waals surface area (Å²) in [6.07, 6.45) is 9.46. The second kappa shape index (κ2) is 8.00. The van der Waals surface area contributed by atoms with E-state index >= 15 is 0 Å². The predicted molar refractivity (Wildman–Crippen MR) is 139 cm³/mol. The number of aryl methyl sites for hydroxylation is 1. The molecule has 0 radical (unpaired) electrons. The Labute approximate surface area is 212 Å². The Morgan fingerprint density at radius 2 is 1.94 bits per heavy atom. The molecule has 2 aliphatic carbocycles. The molecule has 1 aromatic carbocycles. The van der Waals surface area contributed by atoms with Crippen molar-refractivity contribution in [3.8, 4) is 0 Å². The molecule has 0 atom stereocenters. The fraction of sp³-hybridized carbons (Fsp3) is 0.429. The number of rotatable bonds is 4. The molecular weight excluding hydrogens is 478 g/mol. The van der Waals surface area contributed by atoms with Crippen LogP contribution in [0.15, 0.2) is 40.3 Å². The lowest BCUT2D eigenvalue weighted by atomic mass is 9.63. The molecule has 186 valence electrons. The predicted octanol–water partition coefficient (Wildman–Crippen LogP) is 6.87. The number of anilines is 1. The Bertz CT molecular complexity index is 1480. The molecule has 0 amide bonds. The van der Waals surface area contributed by atoms with E-state index in [0.29, 0.717) is 22.7 Å². The fourth-order valence-corrected chi connectivity index (χ4v) is 7.11. The van der Waals surface area contributed by atoms with Gasteiger partial charge in [0.2, 0.25) is 0 Å². The minimum atomic E-state index is -0.242. The van der Waals surface area contributed by atoms with E-state index in [1.165, 1.54) is 5.57 Å². The maximum atomic E-state index is 14.9. The Morgan fingerprint density at radius 3 is 2.67 bits per heavy atom. The molecule has 4 aliphatic rings. The fourth-order valence-electron chi connectivity index (χ4n) is 5.98. The molecule has 5 nitrogen and oxygen atoms in total. The molecule has 0 unspecified atom stereocenters. The molecule has 3 aromatic rings. The molecular formula is C28H28F2N4OS. The van der Waals surface area contributed by atoms with Crippen LogP contribution in [-0.2, 0) is 0 Å². The SMILES string of the molecule is CC1=CNCC(F)=C1c1noc(C2CC2)c1C1=CC2(CCN(c3nc4c(F)cc(C)cc4s3)CC2)C1. The van der Waals surface area contributed by atoms with Gasteiger partial charge in [0.15, 0.2) is 10.9 Å². The molecule has 2 aromatic heterocycles. The summed E-state index contributed by atoms with van der Waals surface area (Å²) in [5.41, 5.74) is 5.90. The number of hydrogen-bond acceptors (Lipinski definition) is 6. The molecule has 1 spiro atoms. The van der Waals surface area contributed by atoms with Crippen LogP contribution in [0.2, 0.25) is 0 Å². The van der Waals surface area contributed by atoms with Crippen molar-refractivity contribution in [3.05, 3.63) is 64.2 Å². The quantitative estimate of drug-likeness (QED) is 0.418. The largest absolute Gasteiger partial charge is 0.384 e. The third-order valence-electron chi connectivity index (χ3n) is 8.10. The number of benzene rings is 1. The molecule has 8 heteroatoms. The summed E-state index contributed by atoms with van der Waals surface area (Å²) in [4.78, 5) is 6.91. The van der Waals surface area contributed by atoms with E-state index < -0.39 is 0 Å². The van der Waals surface area contributed by atoms with E-state index in [1.807, 2.05) is 26.1 Å². The number of aromatic nitrogens is 2. The number of fused-ring (bicyclic) bond motifs is 1. The number of dihydropyridines is 1. The van der Waals surface area contributed by atoms with E-state index in [1.54, 1.807) is 17.4 Å². The summed E-state index contributed by atoms with van der Waals surface area (Å²) in [6, 6.07) is 3.56. The molecule has 7 rings (SSSR count). The van der Waals surface area contributed by atoms with Gasteiger partial charge in [-0.25, -0.2) is 13.8 Å². The van der Waals surface area contributed by atoms with Crippen molar-refractivity contribution < 1.29 is 13.3 Å². The Kier molecular flexibility index (Phi) is 4.94. The van der Waals surface area contributed by atoms with Crippen molar-refractivity contribution in [1.82, 2.24) is 15.5 Å². The highest BCUT2D eigenvalue weighted by atomic mass is 32.1. The van der Waals surface area contributed by atoms with E-state index in [0.717, 1.165) is 77.5 Å². The zero-order chi connectivity index (χ0) is 24.6. The van der Waals surface area contributed by atoms with Gasteiger partial charge in [0.1, 0.15) is 22.8 Å². The monoisotopic (exact) mass is 506 g/mol. The number of allylic oxidation sites excluding steroid dienone is 4. The number of piperidine rings is 1. The minimum Gasteiger partial charge on any atom is -0.384 e. The molecule has 0 bridgehead atoms. The van der Waals surface area contributed by atoms with Crippen molar-refractivity contribution in [1.29, 1.82) is 0 Å². The average Bonchev–Trinajstić information content (AvgIpc) is 3.44. The maximum Gasteiger partial charge on any atom is 0.186 e. The first kappa shape index (κ1) is 22.2. The summed E-state index contributed by atoms with van der Waals surface area (Å²) in [7, 11) is 0. The number of halogens is 2. The number of hydrogen-bond donors (Lipinski definition) is 1. The normalized spacial score (nSPS) is 21.5. The number of thiazole rings is 1. The lowest BCUT2D eigenvalue weighted by Crippen LogP contribution is -2.42. The van der Waals surface area contributed by atoms with E-state index in [2.05, 4.69) is 26.4 Å². The van der Waals surface area contributed by atoms with Crippen LogP contribution in [0.3, 0.4) is 0 Å². The van der Waals surface area contributed by atoms with Crippen molar-refractivity contribution in [2.75, 3.05) is 24.5 Å². The lowest BCUT2D eigenvalue weighted by molar-refractivity contribution is 0.277. The summed E-state index contributed by atoms with van der Waals surface area (Å²) in [5, 5.41) is 8.28. The summed E-state index contributed by atoms with van der Waals surface area (Å²) < 4.78 is 36.0. The van der Waals surface area contributed by atoms with Crippen LogP contribution in [0.1, 0.15) is 67.5 Å². The van der Waals surface area contributed by atoms with Gasteiger partial charge in [-0.05, 0) is 80.2 Å². The Hall–Kier alpha value is -3.00. The van der Waals surface area contributed by atoms with Gasteiger partial charge in [-0.2, -0.15) is 0 Å². The first-order valence-electron chi connectivity index (χ1n) is 12.7. The molecule has 1 saturated carbocycles. The summed E-state index contributed by atoms with van der Waals surface area (Å²) in [5.74, 6) is 0.909. The molecule has 2 fully saturated rings. The van der Waals surface area contributed by atoms with Gasteiger partial charge in [-0.3, -0.25) is 0 Å². The topological polar surface area (TPSA) is 54.2 Å². The van der Waals surface area contributed by atoms with Crippen molar-refractivity contribution in [3.63, 3.8) is 0 Å². The van der Waals surface area contributed by atoms with Gasteiger partial charge in [0, 0.05) is 36.3 Å². The van der Waals surface area contributed by atoms with Gasteiger partial charge in [-0.1, -0.05) is 22.6 Å². The van der Waals surface area contributed by atoms with Crippen LogP contribution < -0.4 is 10.2 Å². The van der Waals surface area contributed by atoms with Crippen LogP contribution in [-0.4, -0.2) is 29.8 Å². The molecule has 4 heterocycles. The van der Waals surface area contributed by atoms with Crippen LogP contribution >= 0.6 is 11.3 Å². The van der Waals surface area contributed by atoms with Crippen LogP contribution in [0, 0.1) is 18.2 Å². The van der Waals surface area contributed by atoms with Crippen molar-refractivity contribution in [2.24, 2.45) is 5.41 Å². The first-order valence-corrected chi connectivity index (χ1v) is 13.6. The summed E-state index contributed by atoms with van der Waals surface area (Å²) >= 11 is 1.57. The zero-order valence-corrected chi connectivity index (χ0v) is 21.3. The second-order valence-corrected chi connectivity index (χ2v) is 11.8. The van der Waals surface area contributed by atoms with Gasteiger partial charge in [0.25, 0.3) is 0 Å². The average molecular weight is 507 g/mol. The van der Waals surface area contributed by atoms with Gasteiger partial charge >= 0.3 is 0 Å². The van der Waals surface area contributed by atoms with Crippen LogP contribution in [0.4, 0.5) is 13.9 Å². The number of nitrogens with zero attached hydrogens (tertiary/aromatic N) is 3. The minimum absolute atomic E-state index is 0.144. The molecule has 2 aliphatic heterocycles. The Morgan fingerprint density at radius 1 is 1.17 bits per heavy atom. The smallest absolute Gasteiger partial charge is 0.186 e. The third kappa shape index (κ3) is 3.52. The first-order chi connectivity index (χ1) is 17.4. The highest BCUT2D eigenvalue weighted by molar-refractivity contribution is 7.22. The van der Waals surface area contributed by atoms with Crippen LogP contribution in [0.25, 0.3) is 21.4 Å².